The van der Waals surface area contributed by atoms with Gasteiger partial charge in [-0.25, -0.2) is 0 Å². The maximum Gasteiger partial charge on any atom is 0.0878 e. The Kier molecular flexibility index (Phi) is 5.99. The standard InChI is InChI=1S/C8H6I4/c9-4-5-1-2-6(10)3-7(5)8(11)12/h1-3,8H,4H2. The smallest absolute Gasteiger partial charge is 0.0812 e. The number of benzene rings is 1. The first-order valence-electron chi connectivity index (χ1n) is 3.27. The molecule has 0 unspecified atom stereocenters. The summed E-state index contributed by atoms with van der Waals surface area (Å²) in [5.41, 5.74) is 2.93. The summed E-state index contributed by atoms with van der Waals surface area (Å²) in [6.07, 6.45) is 0. The van der Waals surface area contributed by atoms with Crippen molar-refractivity contribution in [3.8, 4) is 0 Å². The number of rotatable bonds is 2. The SMILES string of the molecule is ICc1ccc(I)cc1C(I)I. The zero-order valence-corrected chi connectivity index (χ0v) is 14.7. The van der Waals surface area contributed by atoms with E-state index in [1.807, 2.05) is 0 Å². The molecule has 0 aliphatic heterocycles. The number of hydrogen-bond donors (Lipinski definition) is 0. The van der Waals surface area contributed by atoms with Gasteiger partial charge in [-0.1, -0.05) is 73.8 Å². The Balaban J connectivity index is 3.12. The lowest BCUT2D eigenvalue weighted by atomic mass is 10.1. The van der Waals surface area contributed by atoms with Gasteiger partial charge in [-0.3, -0.25) is 0 Å². The predicted octanol–water partition coefficient (Wildman–Crippen LogP) is 5.09. The quantitative estimate of drug-likeness (QED) is 0.324. The normalized spacial score (nSPS) is 10.8. The van der Waals surface area contributed by atoms with E-state index in [4.69, 9.17) is 0 Å². The molecule has 0 aromatic heterocycles. The number of hydrogen-bond acceptors (Lipinski definition) is 0. The van der Waals surface area contributed by atoms with Gasteiger partial charge in [0.2, 0.25) is 0 Å². The summed E-state index contributed by atoms with van der Waals surface area (Å²) in [6.45, 7) is 0. The van der Waals surface area contributed by atoms with Crippen molar-refractivity contribution < 1.29 is 0 Å². The van der Waals surface area contributed by atoms with Gasteiger partial charge >= 0.3 is 0 Å². The minimum atomic E-state index is 0.583. The van der Waals surface area contributed by atoms with Crippen LogP contribution < -0.4 is 0 Å². The first-order valence-corrected chi connectivity index (χ1v) is 8.37. The van der Waals surface area contributed by atoms with Crippen molar-refractivity contribution >= 4 is 90.4 Å². The van der Waals surface area contributed by atoms with Crippen LogP contribution in [0.4, 0.5) is 0 Å². The Labute approximate surface area is 127 Å². The Bertz CT molecular complexity index is 270. The molecule has 0 amide bonds. The molecular formula is C8H6I4. The molecule has 0 nitrogen and oxygen atoms in total. The van der Waals surface area contributed by atoms with E-state index < -0.39 is 0 Å². The van der Waals surface area contributed by atoms with Crippen molar-refractivity contribution in [2.24, 2.45) is 0 Å². The van der Waals surface area contributed by atoms with Crippen molar-refractivity contribution in [1.29, 1.82) is 0 Å². The molecule has 12 heavy (non-hydrogen) atoms. The van der Waals surface area contributed by atoms with Crippen LogP contribution in [0.5, 0.6) is 0 Å². The van der Waals surface area contributed by atoms with Gasteiger partial charge in [0.1, 0.15) is 0 Å². The second kappa shape index (κ2) is 5.89. The molecule has 0 atom stereocenters. The molecule has 0 N–H and O–H groups in total. The Morgan fingerprint density at radius 2 is 1.92 bits per heavy atom. The molecule has 1 aromatic rings. The number of halogens is 4. The highest BCUT2D eigenvalue weighted by Gasteiger charge is 2.07. The average Bonchev–Trinajstić information content (AvgIpc) is 2.04. The van der Waals surface area contributed by atoms with Crippen LogP contribution in [0.15, 0.2) is 18.2 Å². The third-order valence-electron chi connectivity index (χ3n) is 1.49. The molecule has 1 rings (SSSR count). The molecule has 0 saturated carbocycles. The molecule has 0 saturated heterocycles. The summed E-state index contributed by atoms with van der Waals surface area (Å²) in [4.78, 5) is 0. The Morgan fingerprint density at radius 1 is 1.25 bits per heavy atom. The van der Waals surface area contributed by atoms with E-state index in [2.05, 4.69) is 109 Å². The lowest BCUT2D eigenvalue weighted by Crippen LogP contribution is -1.90. The van der Waals surface area contributed by atoms with Crippen molar-refractivity contribution in [2.75, 3.05) is 0 Å². The second-order valence-corrected chi connectivity index (χ2v) is 9.16. The number of alkyl halides is 3. The minimum Gasteiger partial charge on any atom is -0.0812 e. The lowest BCUT2D eigenvalue weighted by Gasteiger charge is -2.08. The van der Waals surface area contributed by atoms with E-state index in [1.165, 1.54) is 14.7 Å². The van der Waals surface area contributed by atoms with E-state index in [0.717, 1.165) is 4.43 Å². The van der Waals surface area contributed by atoms with E-state index in [9.17, 15) is 0 Å². The first-order chi connectivity index (χ1) is 5.65. The summed E-state index contributed by atoms with van der Waals surface area (Å²) in [7, 11) is 0. The van der Waals surface area contributed by atoms with Gasteiger partial charge in [0.15, 0.2) is 0 Å². The topological polar surface area (TPSA) is 0 Å². The van der Waals surface area contributed by atoms with Crippen LogP contribution in [0.1, 0.15) is 13.1 Å². The van der Waals surface area contributed by atoms with Gasteiger partial charge in [-0.15, -0.1) is 0 Å². The minimum absolute atomic E-state index is 0.583. The highest BCUT2D eigenvalue weighted by molar-refractivity contribution is 14.2. The van der Waals surface area contributed by atoms with Gasteiger partial charge in [0, 0.05) is 8.00 Å². The van der Waals surface area contributed by atoms with Gasteiger partial charge in [-0.2, -0.15) is 0 Å². The predicted molar refractivity (Wildman–Crippen MR) is 87.7 cm³/mol. The summed E-state index contributed by atoms with van der Waals surface area (Å²) in [5, 5.41) is 0. The molecule has 66 valence electrons. The van der Waals surface area contributed by atoms with Crippen molar-refractivity contribution in [3.05, 3.63) is 32.9 Å². The Morgan fingerprint density at radius 3 is 2.42 bits per heavy atom. The molecule has 0 spiro atoms. The van der Waals surface area contributed by atoms with Crippen molar-refractivity contribution in [1.82, 2.24) is 0 Å². The summed E-state index contributed by atoms with van der Waals surface area (Å²) in [6, 6.07) is 6.68. The van der Waals surface area contributed by atoms with E-state index in [1.54, 1.807) is 0 Å². The zero-order chi connectivity index (χ0) is 9.14. The summed E-state index contributed by atoms with van der Waals surface area (Å²) >= 11 is 9.69. The molecule has 0 aliphatic rings. The van der Waals surface area contributed by atoms with E-state index >= 15 is 0 Å². The summed E-state index contributed by atoms with van der Waals surface area (Å²) in [5.74, 6) is 0. The van der Waals surface area contributed by atoms with Gasteiger partial charge < -0.3 is 0 Å². The van der Waals surface area contributed by atoms with Crippen LogP contribution in [0.2, 0.25) is 0 Å². The largest absolute Gasteiger partial charge is 0.0878 e. The maximum absolute atomic E-state index is 2.45. The molecule has 0 fully saturated rings. The highest BCUT2D eigenvalue weighted by atomic mass is 127. The third kappa shape index (κ3) is 3.37. The molecule has 0 aliphatic carbocycles. The molecule has 0 bridgehead atoms. The van der Waals surface area contributed by atoms with Crippen molar-refractivity contribution in [2.45, 2.75) is 6.36 Å². The fourth-order valence-electron chi connectivity index (χ4n) is 0.891. The lowest BCUT2D eigenvalue weighted by molar-refractivity contribution is 1.31. The molecular weight excluding hydrogens is 604 g/mol. The van der Waals surface area contributed by atoms with Gasteiger partial charge in [0.25, 0.3) is 0 Å². The third-order valence-corrected chi connectivity index (χ3v) is 4.32. The van der Waals surface area contributed by atoms with Gasteiger partial charge in [0.05, 0.1) is 1.93 Å². The van der Waals surface area contributed by atoms with E-state index in [0.29, 0.717) is 1.93 Å². The van der Waals surface area contributed by atoms with E-state index in [-0.39, 0.29) is 0 Å². The monoisotopic (exact) mass is 610 g/mol. The molecule has 4 heteroatoms. The molecule has 0 heterocycles. The average molecular weight is 610 g/mol. The first kappa shape index (κ1) is 12.2. The fourth-order valence-corrected chi connectivity index (χ4v) is 3.26. The highest BCUT2D eigenvalue weighted by Crippen LogP contribution is 2.34. The fraction of sp³-hybridized carbons (Fsp3) is 0.250. The van der Waals surface area contributed by atoms with Crippen LogP contribution in [0.3, 0.4) is 0 Å². The maximum atomic E-state index is 2.45. The van der Waals surface area contributed by atoms with Crippen LogP contribution in [-0.2, 0) is 4.43 Å². The zero-order valence-electron chi connectivity index (χ0n) is 6.03. The molecule has 0 radical (unpaired) electrons. The molecule has 1 aromatic carbocycles. The Hall–Kier alpha value is 2.14. The van der Waals surface area contributed by atoms with Crippen LogP contribution in [-0.4, -0.2) is 0 Å². The summed E-state index contributed by atoms with van der Waals surface area (Å²) < 4.78 is 3.01. The van der Waals surface area contributed by atoms with Crippen LogP contribution in [0.25, 0.3) is 0 Å². The van der Waals surface area contributed by atoms with Gasteiger partial charge in [-0.05, 0) is 45.9 Å². The van der Waals surface area contributed by atoms with Crippen LogP contribution >= 0.6 is 90.4 Å². The van der Waals surface area contributed by atoms with Crippen molar-refractivity contribution in [3.63, 3.8) is 0 Å². The van der Waals surface area contributed by atoms with Crippen LogP contribution in [0, 0.1) is 3.57 Å². The second-order valence-electron chi connectivity index (χ2n) is 2.28.